The Balaban J connectivity index is 1.34. The highest BCUT2D eigenvalue weighted by atomic mass is 16.2. The fraction of sp³-hybridized carbons (Fsp3) is 0.667. The predicted molar refractivity (Wildman–Crippen MR) is 103 cm³/mol. The van der Waals surface area contributed by atoms with Crippen molar-refractivity contribution in [3.05, 3.63) is 23.1 Å². The molecule has 0 spiro atoms. The maximum Gasteiger partial charge on any atom is 0.269 e. The van der Waals surface area contributed by atoms with Gasteiger partial charge in [-0.2, -0.15) is 10.2 Å². The minimum absolute atomic E-state index is 0.00980. The molecule has 0 aliphatic heterocycles. The molecule has 2 heterocycles. The van der Waals surface area contributed by atoms with Crippen molar-refractivity contribution in [3.8, 4) is 11.3 Å². The van der Waals surface area contributed by atoms with Crippen LogP contribution in [-0.2, 0) is 6.54 Å². The van der Waals surface area contributed by atoms with Crippen LogP contribution in [0.3, 0.4) is 0 Å². The van der Waals surface area contributed by atoms with Gasteiger partial charge in [-0.25, -0.2) is 0 Å². The van der Waals surface area contributed by atoms with Crippen molar-refractivity contribution in [3.63, 3.8) is 0 Å². The molecule has 6 nitrogen and oxygen atoms in total. The van der Waals surface area contributed by atoms with Crippen LogP contribution in [0.25, 0.3) is 11.3 Å². The number of aromatic amines is 1. The van der Waals surface area contributed by atoms with E-state index >= 15 is 0 Å². The molecule has 0 unspecified atom stereocenters. The first-order valence-electron chi connectivity index (χ1n) is 10.4. The van der Waals surface area contributed by atoms with Crippen molar-refractivity contribution in [2.45, 2.75) is 65.5 Å². The Morgan fingerprint density at radius 3 is 2.44 bits per heavy atom. The van der Waals surface area contributed by atoms with Gasteiger partial charge in [-0.1, -0.05) is 0 Å². The molecular weight excluding hydrogens is 338 g/mol. The van der Waals surface area contributed by atoms with Gasteiger partial charge in [0.15, 0.2) is 0 Å². The van der Waals surface area contributed by atoms with Crippen molar-refractivity contribution in [2.24, 2.45) is 23.7 Å². The summed E-state index contributed by atoms with van der Waals surface area (Å²) in [7, 11) is 0. The SMILES string of the molecule is CCn1nc(C)c(-c2cc(C(=O)NC3C4CC5CC(C4)CC3C5)[nH]n2)c1C. The number of aromatic nitrogens is 4. The molecule has 4 fully saturated rings. The van der Waals surface area contributed by atoms with Crippen LogP contribution in [-0.4, -0.2) is 31.9 Å². The number of amides is 1. The van der Waals surface area contributed by atoms with Gasteiger partial charge in [-0.15, -0.1) is 0 Å². The van der Waals surface area contributed by atoms with E-state index in [1.165, 1.54) is 32.1 Å². The van der Waals surface area contributed by atoms with Crippen LogP contribution in [0, 0.1) is 37.5 Å². The lowest BCUT2D eigenvalue weighted by Crippen LogP contribution is -2.55. The van der Waals surface area contributed by atoms with E-state index in [9.17, 15) is 4.79 Å². The third-order valence-corrected chi connectivity index (χ3v) is 7.28. The Hall–Kier alpha value is -2.11. The molecule has 2 N–H and O–H groups in total. The summed E-state index contributed by atoms with van der Waals surface area (Å²) < 4.78 is 1.98. The fourth-order valence-electron chi connectivity index (χ4n) is 6.33. The van der Waals surface area contributed by atoms with Gasteiger partial charge in [0.1, 0.15) is 5.69 Å². The number of H-pyrrole nitrogens is 1. The van der Waals surface area contributed by atoms with E-state index in [0.29, 0.717) is 23.6 Å². The van der Waals surface area contributed by atoms with Gasteiger partial charge in [-0.3, -0.25) is 14.6 Å². The number of carbonyl (C=O) groups excluding carboxylic acids is 1. The standard InChI is InChI=1S/C21H29N5O/c1-4-26-12(3)19(11(2)25-26)17-10-18(24-23-17)21(27)22-20-15-6-13-5-14(8-15)9-16(20)7-13/h10,13-16,20H,4-9H2,1-3H3,(H,22,27)(H,23,24). The maximum atomic E-state index is 12.9. The van der Waals surface area contributed by atoms with E-state index in [1.807, 2.05) is 17.7 Å². The van der Waals surface area contributed by atoms with E-state index < -0.39 is 0 Å². The zero-order valence-electron chi connectivity index (χ0n) is 16.5. The molecule has 2 aromatic heterocycles. The lowest BCUT2D eigenvalue weighted by atomic mass is 9.54. The molecule has 0 radical (unpaired) electrons. The Morgan fingerprint density at radius 1 is 1.19 bits per heavy atom. The quantitative estimate of drug-likeness (QED) is 0.869. The first kappa shape index (κ1) is 17.0. The zero-order chi connectivity index (χ0) is 18.7. The largest absolute Gasteiger partial charge is 0.347 e. The lowest BCUT2D eigenvalue weighted by molar-refractivity contribution is -0.0120. The first-order valence-corrected chi connectivity index (χ1v) is 10.4. The van der Waals surface area contributed by atoms with Crippen LogP contribution in [0.4, 0.5) is 0 Å². The Bertz CT molecular complexity index is 851. The monoisotopic (exact) mass is 367 g/mol. The molecule has 4 aliphatic rings. The van der Waals surface area contributed by atoms with Gasteiger partial charge in [0.2, 0.25) is 0 Å². The second-order valence-electron chi connectivity index (χ2n) is 8.96. The number of rotatable bonds is 4. The number of nitrogens with zero attached hydrogens (tertiary/aromatic N) is 3. The third-order valence-electron chi connectivity index (χ3n) is 7.28. The van der Waals surface area contributed by atoms with Crippen molar-refractivity contribution in [1.82, 2.24) is 25.3 Å². The van der Waals surface area contributed by atoms with E-state index in [1.54, 1.807) is 0 Å². The summed E-state index contributed by atoms with van der Waals surface area (Å²) in [5, 5.41) is 15.3. The number of nitrogens with one attached hydrogen (secondary N) is 2. The molecule has 27 heavy (non-hydrogen) atoms. The summed E-state index contributed by atoms with van der Waals surface area (Å²) in [6.45, 7) is 6.97. The molecule has 4 saturated carbocycles. The van der Waals surface area contributed by atoms with E-state index in [0.717, 1.165) is 41.0 Å². The molecule has 144 valence electrons. The summed E-state index contributed by atoms with van der Waals surface area (Å²) in [5.74, 6) is 3.19. The first-order chi connectivity index (χ1) is 13.0. The zero-order valence-corrected chi connectivity index (χ0v) is 16.5. The summed E-state index contributed by atoms with van der Waals surface area (Å²) >= 11 is 0. The van der Waals surface area contributed by atoms with Gasteiger partial charge >= 0.3 is 0 Å². The fourth-order valence-corrected chi connectivity index (χ4v) is 6.33. The molecule has 1 amide bonds. The number of carbonyl (C=O) groups is 1. The summed E-state index contributed by atoms with van der Waals surface area (Å²) in [5.41, 5.74) is 4.44. The van der Waals surface area contributed by atoms with Crippen LogP contribution < -0.4 is 5.32 Å². The van der Waals surface area contributed by atoms with Crippen LogP contribution in [0.1, 0.15) is 60.9 Å². The Kier molecular flexibility index (Phi) is 3.92. The van der Waals surface area contributed by atoms with Crippen LogP contribution in [0.2, 0.25) is 0 Å². The highest BCUT2D eigenvalue weighted by Crippen LogP contribution is 2.53. The average molecular weight is 367 g/mol. The summed E-state index contributed by atoms with van der Waals surface area (Å²) in [6.07, 6.45) is 6.66. The molecule has 6 heteroatoms. The van der Waals surface area contributed by atoms with Crippen molar-refractivity contribution < 1.29 is 4.79 Å². The van der Waals surface area contributed by atoms with Crippen molar-refractivity contribution in [2.75, 3.05) is 0 Å². The molecule has 4 bridgehead atoms. The van der Waals surface area contributed by atoms with Crippen LogP contribution in [0.15, 0.2) is 6.07 Å². The Labute approximate surface area is 160 Å². The molecular formula is C21H29N5O. The van der Waals surface area contributed by atoms with Crippen LogP contribution >= 0.6 is 0 Å². The van der Waals surface area contributed by atoms with Crippen molar-refractivity contribution >= 4 is 5.91 Å². The lowest BCUT2D eigenvalue weighted by Gasteiger charge is -2.54. The molecule has 6 rings (SSSR count). The summed E-state index contributed by atoms with van der Waals surface area (Å²) in [6, 6.07) is 2.23. The van der Waals surface area contributed by atoms with Crippen molar-refractivity contribution in [1.29, 1.82) is 0 Å². The molecule has 0 aromatic carbocycles. The third kappa shape index (κ3) is 2.72. The van der Waals surface area contributed by atoms with Gasteiger partial charge in [0, 0.05) is 23.8 Å². The van der Waals surface area contributed by atoms with E-state index in [2.05, 4.69) is 34.5 Å². The summed E-state index contributed by atoms with van der Waals surface area (Å²) in [4.78, 5) is 12.9. The minimum atomic E-state index is -0.00980. The second kappa shape index (κ2) is 6.21. The highest BCUT2D eigenvalue weighted by molar-refractivity contribution is 5.93. The smallest absolute Gasteiger partial charge is 0.269 e. The average Bonchev–Trinajstić information content (AvgIpc) is 3.21. The van der Waals surface area contributed by atoms with Gasteiger partial charge in [0.25, 0.3) is 5.91 Å². The molecule has 4 aliphatic carbocycles. The van der Waals surface area contributed by atoms with Crippen LogP contribution in [0.5, 0.6) is 0 Å². The van der Waals surface area contributed by atoms with Gasteiger partial charge in [-0.05, 0) is 82.6 Å². The maximum absolute atomic E-state index is 12.9. The second-order valence-corrected chi connectivity index (χ2v) is 8.96. The predicted octanol–water partition coefficient (Wildman–Crippen LogP) is 3.46. The number of hydrogen-bond acceptors (Lipinski definition) is 3. The highest BCUT2D eigenvalue weighted by Gasteiger charge is 2.48. The number of aryl methyl sites for hydroxylation is 2. The van der Waals surface area contributed by atoms with Gasteiger partial charge in [0.05, 0.1) is 11.4 Å². The molecule has 0 atom stereocenters. The molecule has 2 aromatic rings. The normalized spacial score (nSPS) is 31.4. The van der Waals surface area contributed by atoms with Gasteiger partial charge < -0.3 is 5.32 Å². The minimum Gasteiger partial charge on any atom is -0.347 e. The number of hydrogen-bond donors (Lipinski definition) is 2. The topological polar surface area (TPSA) is 75.6 Å². The van der Waals surface area contributed by atoms with E-state index in [4.69, 9.17) is 0 Å². The molecule has 0 saturated heterocycles. The Morgan fingerprint density at radius 2 is 1.85 bits per heavy atom. The van der Waals surface area contributed by atoms with E-state index in [-0.39, 0.29) is 5.91 Å².